The topological polar surface area (TPSA) is 49.4 Å². The predicted molar refractivity (Wildman–Crippen MR) is 112 cm³/mol. The second-order valence-corrected chi connectivity index (χ2v) is 9.67. The minimum Gasteiger partial charge on any atom is -0.299 e. The van der Waals surface area contributed by atoms with Gasteiger partial charge in [0.1, 0.15) is 0 Å². The Labute approximate surface area is 171 Å². The Morgan fingerprint density at radius 1 is 1.07 bits per heavy atom. The summed E-state index contributed by atoms with van der Waals surface area (Å²) < 4.78 is 27.8. The number of halogens is 2. The van der Waals surface area contributed by atoms with Crippen LogP contribution in [0, 0.1) is 6.92 Å². The summed E-state index contributed by atoms with van der Waals surface area (Å²) in [6.07, 6.45) is 1.62. The van der Waals surface area contributed by atoms with E-state index < -0.39 is 10.0 Å². The molecular weight excluding hydrogens is 403 g/mol. The maximum Gasteiger partial charge on any atom is 0.216 e. The molecule has 1 aliphatic heterocycles. The molecule has 7 heteroatoms. The molecule has 146 valence electrons. The molecule has 0 unspecified atom stereocenters. The second-order valence-electron chi connectivity index (χ2n) is 7.10. The zero-order chi connectivity index (χ0) is 19.4. The number of rotatable bonds is 6. The third-order valence-electron chi connectivity index (χ3n) is 4.93. The van der Waals surface area contributed by atoms with E-state index in [0.29, 0.717) is 15.6 Å². The lowest BCUT2D eigenvalue weighted by atomic mass is 10.0. The lowest BCUT2D eigenvalue weighted by molar-refractivity contribution is 0.199. The molecule has 2 aromatic rings. The van der Waals surface area contributed by atoms with Crippen molar-refractivity contribution in [2.24, 2.45) is 0 Å². The van der Waals surface area contributed by atoms with E-state index in [-0.39, 0.29) is 11.8 Å². The zero-order valence-electron chi connectivity index (χ0n) is 15.3. The van der Waals surface area contributed by atoms with Crippen LogP contribution >= 0.6 is 23.2 Å². The first-order valence-electron chi connectivity index (χ1n) is 9.03. The Morgan fingerprint density at radius 2 is 1.78 bits per heavy atom. The molecule has 3 rings (SSSR count). The maximum atomic E-state index is 12.5. The van der Waals surface area contributed by atoms with Gasteiger partial charge in [-0.2, -0.15) is 0 Å². The van der Waals surface area contributed by atoms with Gasteiger partial charge in [0.25, 0.3) is 0 Å². The molecule has 27 heavy (non-hydrogen) atoms. The lowest BCUT2D eigenvalue weighted by Crippen LogP contribution is -2.44. The van der Waals surface area contributed by atoms with Crippen LogP contribution in [0.1, 0.15) is 29.5 Å². The normalized spacial score (nSPS) is 16.6. The number of nitrogens with zero attached hydrogens (tertiary/aromatic N) is 1. The fourth-order valence-corrected chi connectivity index (χ4v) is 5.15. The van der Waals surface area contributed by atoms with Gasteiger partial charge in [-0.05, 0) is 48.6 Å². The van der Waals surface area contributed by atoms with Gasteiger partial charge < -0.3 is 0 Å². The molecule has 0 bridgehead atoms. The van der Waals surface area contributed by atoms with Crippen LogP contribution in [-0.2, 0) is 22.3 Å². The largest absolute Gasteiger partial charge is 0.299 e. The van der Waals surface area contributed by atoms with Crippen molar-refractivity contribution in [2.45, 2.75) is 38.1 Å². The molecule has 1 fully saturated rings. The molecule has 0 atom stereocenters. The number of nitrogens with one attached hydrogen (secondary N) is 1. The molecule has 2 aromatic carbocycles. The fourth-order valence-electron chi connectivity index (χ4n) is 3.38. The van der Waals surface area contributed by atoms with Crippen molar-refractivity contribution in [1.82, 2.24) is 9.62 Å². The van der Waals surface area contributed by atoms with Crippen LogP contribution in [0.3, 0.4) is 0 Å². The number of aryl methyl sites for hydroxylation is 1. The predicted octanol–water partition coefficient (Wildman–Crippen LogP) is 4.39. The van der Waals surface area contributed by atoms with Crippen LogP contribution in [0.2, 0.25) is 10.0 Å². The van der Waals surface area contributed by atoms with Crippen LogP contribution < -0.4 is 4.72 Å². The standard InChI is InChI=1S/C20H24Cl2N2O2S/c1-15-4-2-3-5-17(15)13-24-10-8-18(9-11-24)23-27(25,26)14-16-6-7-19(21)20(22)12-16/h2-7,12,18,23H,8-11,13-14H2,1H3. The highest BCUT2D eigenvalue weighted by atomic mass is 35.5. The zero-order valence-corrected chi connectivity index (χ0v) is 17.6. The summed E-state index contributed by atoms with van der Waals surface area (Å²) in [4.78, 5) is 2.38. The molecule has 0 aromatic heterocycles. The van der Waals surface area contributed by atoms with Crippen molar-refractivity contribution in [3.05, 3.63) is 69.2 Å². The Kier molecular flexibility index (Phi) is 6.82. The molecule has 0 saturated carbocycles. The van der Waals surface area contributed by atoms with Crippen molar-refractivity contribution in [1.29, 1.82) is 0 Å². The third-order valence-corrected chi connectivity index (χ3v) is 7.07. The fraction of sp³-hybridized carbons (Fsp3) is 0.400. The SMILES string of the molecule is Cc1ccccc1CN1CCC(NS(=O)(=O)Cc2ccc(Cl)c(Cl)c2)CC1. The highest BCUT2D eigenvalue weighted by Crippen LogP contribution is 2.24. The van der Waals surface area contributed by atoms with Crippen LogP contribution in [0.5, 0.6) is 0 Å². The molecule has 1 saturated heterocycles. The van der Waals surface area contributed by atoms with E-state index >= 15 is 0 Å². The molecule has 0 amide bonds. The van der Waals surface area contributed by atoms with Gasteiger partial charge in [-0.1, -0.05) is 53.5 Å². The molecule has 0 aliphatic carbocycles. The average Bonchev–Trinajstić information content (AvgIpc) is 2.61. The third kappa shape index (κ3) is 5.93. The average molecular weight is 427 g/mol. The molecule has 0 radical (unpaired) electrons. The second kappa shape index (κ2) is 8.93. The quantitative estimate of drug-likeness (QED) is 0.744. The van der Waals surface area contributed by atoms with Crippen molar-refractivity contribution in [3.63, 3.8) is 0 Å². The van der Waals surface area contributed by atoms with E-state index in [0.717, 1.165) is 32.5 Å². The van der Waals surface area contributed by atoms with E-state index in [1.807, 2.05) is 6.07 Å². The molecular formula is C20H24Cl2N2O2S. The van der Waals surface area contributed by atoms with Gasteiger partial charge in [-0.25, -0.2) is 13.1 Å². The lowest BCUT2D eigenvalue weighted by Gasteiger charge is -2.32. The number of likely N-dealkylation sites (tertiary alicyclic amines) is 1. The summed E-state index contributed by atoms with van der Waals surface area (Å²) >= 11 is 11.9. The highest BCUT2D eigenvalue weighted by Gasteiger charge is 2.24. The van der Waals surface area contributed by atoms with Gasteiger partial charge in [-0.15, -0.1) is 0 Å². The summed E-state index contributed by atoms with van der Waals surface area (Å²) in [7, 11) is -3.42. The van der Waals surface area contributed by atoms with E-state index in [1.165, 1.54) is 11.1 Å². The number of hydrogen-bond donors (Lipinski definition) is 1. The number of hydrogen-bond acceptors (Lipinski definition) is 3. The number of sulfonamides is 1. The van der Waals surface area contributed by atoms with Gasteiger partial charge in [0.05, 0.1) is 15.8 Å². The first kappa shape index (κ1) is 20.6. The number of piperidine rings is 1. The molecule has 1 N–H and O–H groups in total. The Morgan fingerprint density at radius 3 is 2.44 bits per heavy atom. The Bertz CT molecular complexity index is 895. The van der Waals surface area contributed by atoms with Crippen LogP contribution in [-0.4, -0.2) is 32.4 Å². The smallest absolute Gasteiger partial charge is 0.216 e. The van der Waals surface area contributed by atoms with Crippen LogP contribution in [0.15, 0.2) is 42.5 Å². The first-order valence-corrected chi connectivity index (χ1v) is 11.4. The summed E-state index contributed by atoms with van der Waals surface area (Å²) in [5, 5.41) is 0.792. The van der Waals surface area contributed by atoms with Crippen molar-refractivity contribution < 1.29 is 8.42 Å². The van der Waals surface area contributed by atoms with Gasteiger partial charge in [-0.3, -0.25) is 4.90 Å². The van der Waals surface area contributed by atoms with Gasteiger partial charge in [0.2, 0.25) is 10.0 Å². The van der Waals surface area contributed by atoms with Crippen LogP contribution in [0.4, 0.5) is 0 Å². The summed E-state index contributed by atoms with van der Waals surface area (Å²) in [6.45, 7) is 4.80. The van der Waals surface area contributed by atoms with E-state index in [1.54, 1.807) is 18.2 Å². The van der Waals surface area contributed by atoms with E-state index in [4.69, 9.17) is 23.2 Å². The number of benzene rings is 2. The van der Waals surface area contributed by atoms with Crippen molar-refractivity contribution in [3.8, 4) is 0 Å². The van der Waals surface area contributed by atoms with Gasteiger partial charge in [0.15, 0.2) is 0 Å². The van der Waals surface area contributed by atoms with Crippen LogP contribution in [0.25, 0.3) is 0 Å². The van der Waals surface area contributed by atoms with E-state index in [2.05, 4.69) is 34.7 Å². The minimum atomic E-state index is -3.42. The highest BCUT2D eigenvalue weighted by molar-refractivity contribution is 7.88. The van der Waals surface area contributed by atoms with Crippen molar-refractivity contribution >= 4 is 33.2 Å². The van der Waals surface area contributed by atoms with Gasteiger partial charge >= 0.3 is 0 Å². The Hall–Kier alpha value is -1.11. The monoisotopic (exact) mass is 426 g/mol. The summed E-state index contributed by atoms with van der Waals surface area (Å²) in [5.74, 6) is -0.0900. The van der Waals surface area contributed by atoms with E-state index in [9.17, 15) is 8.42 Å². The first-order chi connectivity index (χ1) is 12.8. The summed E-state index contributed by atoms with van der Waals surface area (Å²) in [6, 6.07) is 13.3. The van der Waals surface area contributed by atoms with Crippen molar-refractivity contribution in [2.75, 3.05) is 13.1 Å². The van der Waals surface area contributed by atoms with Gasteiger partial charge in [0, 0.05) is 25.7 Å². The molecule has 1 heterocycles. The Balaban J connectivity index is 1.52. The minimum absolute atomic E-state index is 0.0223. The maximum absolute atomic E-state index is 12.5. The summed E-state index contributed by atoms with van der Waals surface area (Å²) in [5.41, 5.74) is 3.26. The molecule has 0 spiro atoms. The molecule has 4 nitrogen and oxygen atoms in total. The molecule has 1 aliphatic rings.